The maximum absolute atomic E-state index is 13.5. The van der Waals surface area contributed by atoms with Crippen LogP contribution in [0.2, 0.25) is 0 Å². The smallest absolute Gasteiger partial charge is 0.243 e. The molecule has 0 bridgehead atoms. The molecule has 0 N–H and O–H groups in total. The second-order valence-corrected chi connectivity index (χ2v) is 12.2. The van der Waals surface area contributed by atoms with E-state index in [0.29, 0.717) is 10.5 Å². The maximum atomic E-state index is 13.5. The zero-order chi connectivity index (χ0) is 24.0. The fourth-order valence-corrected chi connectivity index (χ4v) is 7.61. The Hall–Kier alpha value is -2.07. The summed E-state index contributed by atoms with van der Waals surface area (Å²) in [6, 6.07) is 5.93. The van der Waals surface area contributed by atoms with Gasteiger partial charge < -0.3 is 0 Å². The molecule has 9 heteroatoms. The van der Waals surface area contributed by atoms with Crippen molar-refractivity contribution in [2.75, 3.05) is 26.2 Å². The lowest BCUT2D eigenvalue weighted by Crippen LogP contribution is -2.50. The lowest BCUT2D eigenvalue weighted by Gasteiger charge is -2.34. The number of carbonyl (C=O) groups excluding carboxylic acids is 1. The van der Waals surface area contributed by atoms with Gasteiger partial charge in [0, 0.05) is 31.7 Å². The van der Waals surface area contributed by atoms with Gasteiger partial charge in [0.2, 0.25) is 20.0 Å². The van der Waals surface area contributed by atoms with E-state index in [-0.39, 0.29) is 36.9 Å². The number of hydrogen-bond donors (Lipinski definition) is 0. The van der Waals surface area contributed by atoms with E-state index >= 15 is 0 Å². The number of sulfonamides is 2. The third kappa shape index (κ3) is 4.14. The Morgan fingerprint density at radius 1 is 0.719 bits per heavy atom. The summed E-state index contributed by atoms with van der Waals surface area (Å²) in [5.41, 5.74) is 4.80. The molecule has 0 atom stereocenters. The topological polar surface area (TPSA) is 91.8 Å². The van der Waals surface area contributed by atoms with Gasteiger partial charge in [0.05, 0.1) is 9.79 Å². The number of hydrogen-bond acceptors (Lipinski definition) is 5. The van der Waals surface area contributed by atoms with Gasteiger partial charge in [-0.2, -0.15) is 8.61 Å². The number of carbonyl (C=O) groups is 1. The average molecular weight is 479 g/mol. The van der Waals surface area contributed by atoms with Crippen molar-refractivity contribution in [1.82, 2.24) is 8.61 Å². The van der Waals surface area contributed by atoms with E-state index in [1.807, 2.05) is 34.6 Å². The molecule has 0 radical (unpaired) electrons. The Morgan fingerprint density at radius 3 is 1.62 bits per heavy atom. The van der Waals surface area contributed by atoms with Crippen LogP contribution in [0.1, 0.15) is 45.1 Å². The molecule has 0 aromatic heterocycles. The molecule has 1 aliphatic heterocycles. The quantitative estimate of drug-likeness (QED) is 0.616. The molecule has 1 fully saturated rings. The van der Waals surface area contributed by atoms with Gasteiger partial charge in [-0.3, -0.25) is 4.79 Å². The zero-order valence-corrected chi connectivity index (χ0v) is 21.0. The molecular formula is C23H30N2O5S2. The van der Waals surface area contributed by atoms with Crippen LogP contribution in [0.4, 0.5) is 0 Å². The molecular weight excluding hydrogens is 448 g/mol. The summed E-state index contributed by atoms with van der Waals surface area (Å²) in [4.78, 5) is 12.0. The highest BCUT2D eigenvalue weighted by atomic mass is 32.2. The summed E-state index contributed by atoms with van der Waals surface area (Å²) in [6.07, 6.45) is 0. The first-order valence-corrected chi connectivity index (χ1v) is 13.4. The molecule has 1 aliphatic rings. The van der Waals surface area contributed by atoms with Crippen molar-refractivity contribution in [3.8, 4) is 0 Å². The standard InChI is InChI=1S/C23H30N2O5S2/c1-15-16(2)18(4)23(19(5)17(15)3)32(29,30)25-12-10-24(11-13-25)31(27,28)22-9-7-8-21(14-22)20(6)26/h7-9,14H,10-13H2,1-6H3. The molecule has 1 saturated heterocycles. The molecule has 7 nitrogen and oxygen atoms in total. The molecule has 3 rings (SSSR count). The second-order valence-electron chi connectivity index (χ2n) is 8.35. The highest BCUT2D eigenvalue weighted by Gasteiger charge is 2.36. The van der Waals surface area contributed by atoms with Crippen LogP contribution in [-0.2, 0) is 20.0 Å². The lowest BCUT2D eigenvalue weighted by atomic mass is 9.95. The fraction of sp³-hybridized carbons (Fsp3) is 0.435. The van der Waals surface area contributed by atoms with Gasteiger partial charge in [0.15, 0.2) is 5.78 Å². The van der Waals surface area contributed by atoms with Gasteiger partial charge in [-0.15, -0.1) is 0 Å². The monoisotopic (exact) mass is 478 g/mol. The third-order valence-electron chi connectivity index (χ3n) is 6.61. The molecule has 32 heavy (non-hydrogen) atoms. The first-order chi connectivity index (χ1) is 14.8. The minimum Gasteiger partial charge on any atom is -0.295 e. The van der Waals surface area contributed by atoms with E-state index in [2.05, 4.69) is 0 Å². The van der Waals surface area contributed by atoms with Crippen molar-refractivity contribution >= 4 is 25.8 Å². The summed E-state index contributed by atoms with van der Waals surface area (Å²) in [6.45, 7) is 11.1. The largest absolute Gasteiger partial charge is 0.295 e. The normalized spacial score (nSPS) is 16.3. The Morgan fingerprint density at radius 2 is 1.16 bits per heavy atom. The minimum atomic E-state index is -3.83. The second kappa shape index (κ2) is 8.70. The van der Waals surface area contributed by atoms with Gasteiger partial charge in [0.1, 0.15) is 0 Å². The lowest BCUT2D eigenvalue weighted by molar-refractivity contribution is 0.101. The van der Waals surface area contributed by atoms with Gasteiger partial charge in [0.25, 0.3) is 0 Å². The number of piperazine rings is 1. The number of Topliss-reactive ketones (excluding diaryl/α,β-unsaturated/α-hetero) is 1. The highest BCUT2D eigenvalue weighted by molar-refractivity contribution is 7.89. The Kier molecular flexibility index (Phi) is 6.68. The van der Waals surface area contributed by atoms with E-state index in [4.69, 9.17) is 0 Å². The van der Waals surface area contributed by atoms with Crippen LogP contribution < -0.4 is 0 Å². The van der Waals surface area contributed by atoms with Crippen LogP contribution in [0, 0.1) is 34.6 Å². The summed E-state index contributed by atoms with van der Waals surface area (Å²) in [5.74, 6) is -0.215. The summed E-state index contributed by atoms with van der Waals surface area (Å²) in [5, 5.41) is 0. The molecule has 0 saturated carbocycles. The van der Waals surface area contributed by atoms with Gasteiger partial charge in [-0.05, 0) is 81.5 Å². The van der Waals surface area contributed by atoms with Crippen molar-refractivity contribution < 1.29 is 21.6 Å². The van der Waals surface area contributed by atoms with E-state index in [1.54, 1.807) is 6.07 Å². The van der Waals surface area contributed by atoms with E-state index in [9.17, 15) is 21.6 Å². The van der Waals surface area contributed by atoms with Crippen molar-refractivity contribution in [2.24, 2.45) is 0 Å². The van der Waals surface area contributed by atoms with E-state index < -0.39 is 20.0 Å². The van der Waals surface area contributed by atoms with Crippen LogP contribution in [0.25, 0.3) is 0 Å². The highest BCUT2D eigenvalue weighted by Crippen LogP contribution is 2.32. The van der Waals surface area contributed by atoms with Crippen molar-refractivity contribution in [3.63, 3.8) is 0 Å². The molecule has 1 heterocycles. The maximum Gasteiger partial charge on any atom is 0.243 e. The zero-order valence-electron chi connectivity index (χ0n) is 19.4. The van der Waals surface area contributed by atoms with E-state index in [1.165, 1.54) is 33.7 Å². The van der Waals surface area contributed by atoms with Crippen LogP contribution in [0.3, 0.4) is 0 Å². The average Bonchev–Trinajstić information content (AvgIpc) is 2.76. The molecule has 0 aliphatic carbocycles. The van der Waals surface area contributed by atoms with Crippen LogP contribution in [-0.4, -0.2) is 57.4 Å². The number of benzene rings is 2. The molecule has 2 aromatic carbocycles. The van der Waals surface area contributed by atoms with Gasteiger partial charge in [-0.1, -0.05) is 12.1 Å². The van der Waals surface area contributed by atoms with Crippen molar-refractivity contribution in [1.29, 1.82) is 0 Å². The summed E-state index contributed by atoms with van der Waals surface area (Å²) < 4.78 is 55.8. The molecule has 2 aromatic rings. The first-order valence-electron chi connectivity index (χ1n) is 10.5. The molecule has 0 unspecified atom stereocenters. The van der Waals surface area contributed by atoms with Crippen molar-refractivity contribution in [2.45, 2.75) is 51.3 Å². The first kappa shape index (κ1) is 24.6. The third-order valence-corrected chi connectivity index (χ3v) is 10.7. The Balaban J connectivity index is 1.88. The van der Waals surface area contributed by atoms with E-state index in [0.717, 1.165) is 27.8 Å². The predicted molar refractivity (Wildman–Crippen MR) is 124 cm³/mol. The van der Waals surface area contributed by atoms with Gasteiger partial charge >= 0.3 is 0 Å². The SMILES string of the molecule is CC(=O)c1cccc(S(=O)(=O)N2CCN(S(=O)(=O)c3c(C)c(C)c(C)c(C)c3C)CC2)c1. The predicted octanol–water partition coefficient (Wildman–Crippen LogP) is 3.13. The fourth-order valence-electron chi connectivity index (χ4n) is 4.16. The Labute approximate surface area is 191 Å². The van der Waals surface area contributed by atoms with Crippen LogP contribution in [0.5, 0.6) is 0 Å². The molecule has 0 spiro atoms. The minimum absolute atomic E-state index is 0.0398. The number of nitrogens with zero attached hydrogens (tertiary/aromatic N) is 2. The van der Waals surface area contributed by atoms with Crippen LogP contribution in [0.15, 0.2) is 34.1 Å². The number of rotatable bonds is 5. The van der Waals surface area contributed by atoms with Crippen molar-refractivity contribution in [3.05, 3.63) is 57.6 Å². The summed E-state index contributed by atoms with van der Waals surface area (Å²) in [7, 11) is -7.60. The number of ketones is 1. The summed E-state index contributed by atoms with van der Waals surface area (Å²) >= 11 is 0. The molecule has 0 amide bonds. The van der Waals surface area contributed by atoms with Crippen LogP contribution >= 0.6 is 0 Å². The molecule has 174 valence electrons. The van der Waals surface area contributed by atoms with Gasteiger partial charge in [-0.25, -0.2) is 16.8 Å². The Bertz CT molecular complexity index is 1260.